The number of hydrogen-bond donors (Lipinski definition) is 2. The van der Waals surface area contributed by atoms with Crippen LogP contribution in [0.25, 0.3) is 0 Å². The van der Waals surface area contributed by atoms with E-state index in [-0.39, 0.29) is 6.04 Å². The minimum Gasteiger partial charge on any atom is -0.379 e. The van der Waals surface area contributed by atoms with Gasteiger partial charge in [-0.3, -0.25) is 11.3 Å². The van der Waals surface area contributed by atoms with Gasteiger partial charge in [0, 0.05) is 15.6 Å². The number of nitrogens with two attached hydrogens (primary N) is 1. The summed E-state index contributed by atoms with van der Waals surface area (Å²) in [5.41, 5.74) is 3.86. The number of nitrogens with one attached hydrogen (secondary N) is 1. The first-order valence-electron chi connectivity index (χ1n) is 5.17. The van der Waals surface area contributed by atoms with Gasteiger partial charge < -0.3 is 4.74 Å². The summed E-state index contributed by atoms with van der Waals surface area (Å²) >= 11 is 6.91. The van der Waals surface area contributed by atoms with Crippen molar-refractivity contribution in [3.63, 3.8) is 0 Å². The molecule has 0 bridgehead atoms. The Morgan fingerprint density at radius 1 is 1.31 bits per heavy atom. The van der Waals surface area contributed by atoms with Crippen molar-refractivity contribution in [1.29, 1.82) is 0 Å². The van der Waals surface area contributed by atoms with Crippen molar-refractivity contribution in [3.05, 3.63) is 32.7 Å². The van der Waals surface area contributed by atoms with E-state index < -0.39 is 0 Å². The number of halogens is 2. The van der Waals surface area contributed by atoms with E-state index in [9.17, 15) is 0 Å². The Balaban J connectivity index is 2.70. The van der Waals surface area contributed by atoms with E-state index in [0.29, 0.717) is 6.61 Å². The van der Waals surface area contributed by atoms with Gasteiger partial charge in [-0.15, -0.1) is 0 Å². The molecule has 1 unspecified atom stereocenters. The van der Waals surface area contributed by atoms with Gasteiger partial charge >= 0.3 is 0 Å². The largest absolute Gasteiger partial charge is 0.379 e. The Bertz CT molecular complexity index is 314. The molecule has 0 aliphatic rings. The zero-order chi connectivity index (χ0) is 12.0. The van der Waals surface area contributed by atoms with Crippen LogP contribution in [0.5, 0.6) is 0 Å². The first-order valence-corrected chi connectivity index (χ1v) is 6.75. The van der Waals surface area contributed by atoms with Crippen molar-refractivity contribution in [3.8, 4) is 0 Å². The third-order valence-corrected chi connectivity index (χ3v) is 3.04. The summed E-state index contributed by atoms with van der Waals surface area (Å²) in [6.45, 7) is 3.42. The number of rotatable bonds is 6. The van der Waals surface area contributed by atoms with Crippen LogP contribution in [-0.2, 0) is 4.74 Å². The van der Waals surface area contributed by atoms with Gasteiger partial charge in [0.05, 0.1) is 12.6 Å². The van der Waals surface area contributed by atoms with Gasteiger partial charge in [0.1, 0.15) is 0 Å². The fourth-order valence-corrected chi connectivity index (χ4v) is 2.69. The van der Waals surface area contributed by atoms with Crippen molar-refractivity contribution in [2.75, 3.05) is 13.2 Å². The third-order valence-electron chi connectivity index (χ3n) is 2.12. The summed E-state index contributed by atoms with van der Waals surface area (Å²) in [5.74, 6) is 5.53. The summed E-state index contributed by atoms with van der Waals surface area (Å²) in [6.07, 6.45) is 1.01. The minimum absolute atomic E-state index is 0.0142. The van der Waals surface area contributed by atoms with Crippen LogP contribution in [0.2, 0.25) is 0 Å². The first kappa shape index (κ1) is 14.1. The highest BCUT2D eigenvalue weighted by molar-refractivity contribution is 9.11. The van der Waals surface area contributed by atoms with Crippen molar-refractivity contribution >= 4 is 31.9 Å². The molecule has 0 saturated heterocycles. The predicted molar refractivity (Wildman–Crippen MR) is 73.0 cm³/mol. The number of hydrogen-bond acceptors (Lipinski definition) is 3. The summed E-state index contributed by atoms with van der Waals surface area (Å²) in [4.78, 5) is 0. The fourth-order valence-electron chi connectivity index (χ4n) is 1.36. The van der Waals surface area contributed by atoms with Crippen molar-refractivity contribution in [2.45, 2.75) is 19.4 Å². The lowest BCUT2D eigenvalue weighted by molar-refractivity contribution is 0.112. The molecule has 0 amide bonds. The number of ether oxygens (including phenoxy) is 1. The highest BCUT2D eigenvalue weighted by Gasteiger charge is 2.10. The number of benzene rings is 1. The van der Waals surface area contributed by atoms with Gasteiger partial charge in [0.15, 0.2) is 0 Å². The molecule has 1 rings (SSSR count). The topological polar surface area (TPSA) is 47.3 Å². The highest BCUT2D eigenvalue weighted by atomic mass is 79.9. The third kappa shape index (κ3) is 4.51. The summed E-state index contributed by atoms with van der Waals surface area (Å²) in [7, 11) is 0. The van der Waals surface area contributed by atoms with Gasteiger partial charge in [0.25, 0.3) is 0 Å². The molecule has 0 spiro atoms. The Labute approximate surface area is 113 Å². The van der Waals surface area contributed by atoms with Gasteiger partial charge in [-0.25, -0.2) is 0 Å². The maximum atomic E-state index is 5.53. The van der Waals surface area contributed by atoms with Crippen molar-refractivity contribution in [2.24, 2.45) is 5.84 Å². The molecular weight excluding hydrogens is 336 g/mol. The molecule has 0 saturated carbocycles. The van der Waals surface area contributed by atoms with Crippen LogP contribution in [0.4, 0.5) is 0 Å². The van der Waals surface area contributed by atoms with Gasteiger partial charge in [-0.1, -0.05) is 38.8 Å². The smallest absolute Gasteiger partial charge is 0.0694 e. The summed E-state index contributed by atoms with van der Waals surface area (Å²) in [6, 6.07) is 6.07. The zero-order valence-corrected chi connectivity index (χ0v) is 12.3. The van der Waals surface area contributed by atoms with Gasteiger partial charge in [0.2, 0.25) is 0 Å². The molecule has 0 aliphatic heterocycles. The molecule has 1 aromatic rings. The first-order chi connectivity index (χ1) is 7.67. The quantitative estimate of drug-likeness (QED) is 0.470. The second-order valence-corrected chi connectivity index (χ2v) is 5.33. The van der Waals surface area contributed by atoms with Crippen LogP contribution in [0, 0.1) is 0 Å². The molecule has 1 atom stereocenters. The lowest BCUT2D eigenvalue weighted by Gasteiger charge is -2.17. The van der Waals surface area contributed by atoms with E-state index in [0.717, 1.165) is 27.5 Å². The predicted octanol–water partition coefficient (Wildman–Crippen LogP) is 3.14. The van der Waals surface area contributed by atoms with Crippen LogP contribution in [0.3, 0.4) is 0 Å². The maximum absolute atomic E-state index is 5.53. The van der Waals surface area contributed by atoms with Crippen LogP contribution in [0.1, 0.15) is 24.9 Å². The Morgan fingerprint density at radius 2 is 1.94 bits per heavy atom. The molecule has 3 N–H and O–H groups in total. The lowest BCUT2D eigenvalue weighted by Crippen LogP contribution is -2.31. The van der Waals surface area contributed by atoms with Crippen LogP contribution < -0.4 is 11.3 Å². The van der Waals surface area contributed by atoms with Crippen LogP contribution in [0.15, 0.2) is 27.1 Å². The molecule has 90 valence electrons. The Hall–Kier alpha value is 0.0600. The molecule has 1 aromatic carbocycles. The number of hydrazine groups is 1. The minimum atomic E-state index is 0.0142. The average molecular weight is 352 g/mol. The summed E-state index contributed by atoms with van der Waals surface area (Å²) < 4.78 is 7.54. The molecule has 0 aliphatic carbocycles. The van der Waals surface area contributed by atoms with Gasteiger partial charge in [-0.05, 0) is 30.2 Å². The van der Waals surface area contributed by atoms with E-state index in [4.69, 9.17) is 10.6 Å². The zero-order valence-electron chi connectivity index (χ0n) is 9.17. The van der Waals surface area contributed by atoms with E-state index in [1.54, 1.807) is 0 Å². The van der Waals surface area contributed by atoms with E-state index in [1.165, 1.54) is 0 Å². The SMILES string of the molecule is CCCOCC(NN)c1cc(Br)cc(Br)c1. The fraction of sp³-hybridized carbons (Fsp3) is 0.455. The van der Waals surface area contributed by atoms with Crippen molar-refractivity contribution in [1.82, 2.24) is 5.43 Å². The molecule has 5 heteroatoms. The summed E-state index contributed by atoms with van der Waals surface area (Å²) in [5, 5.41) is 0. The average Bonchev–Trinajstić information content (AvgIpc) is 2.23. The molecule has 0 fully saturated rings. The van der Waals surface area contributed by atoms with Crippen molar-refractivity contribution < 1.29 is 4.74 Å². The monoisotopic (exact) mass is 350 g/mol. The van der Waals surface area contributed by atoms with Crippen LogP contribution in [-0.4, -0.2) is 13.2 Å². The lowest BCUT2D eigenvalue weighted by atomic mass is 10.1. The second kappa shape index (κ2) is 7.40. The van der Waals surface area contributed by atoms with Crippen LogP contribution >= 0.6 is 31.9 Å². The Kier molecular flexibility index (Phi) is 6.53. The molecular formula is C11H16Br2N2O. The normalized spacial score (nSPS) is 12.8. The Morgan fingerprint density at radius 3 is 2.44 bits per heavy atom. The van der Waals surface area contributed by atoms with E-state index in [1.807, 2.05) is 18.2 Å². The van der Waals surface area contributed by atoms with Gasteiger partial charge in [-0.2, -0.15) is 0 Å². The highest BCUT2D eigenvalue weighted by Crippen LogP contribution is 2.24. The molecule has 16 heavy (non-hydrogen) atoms. The van der Waals surface area contributed by atoms with E-state index in [2.05, 4.69) is 44.2 Å². The standard InChI is InChI=1S/C11H16Br2N2O/c1-2-3-16-7-11(15-14)8-4-9(12)6-10(13)5-8/h4-6,11,15H,2-3,7,14H2,1H3. The molecule has 0 heterocycles. The maximum Gasteiger partial charge on any atom is 0.0694 e. The van der Waals surface area contributed by atoms with E-state index >= 15 is 0 Å². The molecule has 0 aromatic heterocycles. The molecule has 0 radical (unpaired) electrons. The second-order valence-electron chi connectivity index (χ2n) is 3.50. The molecule has 3 nitrogen and oxygen atoms in total.